The molecule has 3 rings (SSSR count). The van der Waals surface area contributed by atoms with Gasteiger partial charge in [-0.25, -0.2) is 0 Å². The smallest absolute Gasteiger partial charge is 0.149 e. The highest BCUT2D eigenvalue weighted by Gasteiger charge is 2.63. The lowest BCUT2D eigenvalue weighted by atomic mass is 9.65. The van der Waals surface area contributed by atoms with E-state index in [9.17, 15) is 4.79 Å². The predicted molar refractivity (Wildman–Crippen MR) is 90.3 cm³/mol. The third kappa shape index (κ3) is 2.36. The summed E-state index contributed by atoms with van der Waals surface area (Å²) in [5, 5.41) is 1.91. The van der Waals surface area contributed by atoms with Crippen LogP contribution in [0, 0.1) is 10.8 Å². The average molecular weight is 366 g/mol. The zero-order valence-corrected chi connectivity index (χ0v) is 15.3. The summed E-state index contributed by atoms with van der Waals surface area (Å²) in [6, 6.07) is 8.29. The van der Waals surface area contributed by atoms with E-state index in [4.69, 9.17) is 4.84 Å². The van der Waals surface area contributed by atoms with Crippen molar-refractivity contribution in [3.63, 3.8) is 0 Å². The van der Waals surface area contributed by atoms with Crippen molar-refractivity contribution in [1.29, 1.82) is 0 Å². The molecular formula is C18H24BrNO2. The number of carbonyl (C=O) groups excluding carboxylic acids is 1. The highest BCUT2D eigenvalue weighted by atomic mass is 79.9. The Labute approximate surface area is 141 Å². The molecule has 0 spiro atoms. The molecule has 0 amide bonds. The fraction of sp³-hybridized carbons (Fsp3) is 0.611. The molecule has 1 saturated heterocycles. The molecule has 1 aromatic rings. The number of ketones is 1. The number of rotatable bonds is 2. The monoisotopic (exact) mass is 365 g/mol. The summed E-state index contributed by atoms with van der Waals surface area (Å²) < 4.78 is 1.05. The number of hydroxylamine groups is 2. The Morgan fingerprint density at radius 1 is 1.32 bits per heavy atom. The number of benzene rings is 1. The Morgan fingerprint density at radius 2 is 1.95 bits per heavy atom. The molecule has 3 atom stereocenters. The summed E-state index contributed by atoms with van der Waals surface area (Å²) >= 11 is 3.49. The van der Waals surface area contributed by atoms with Gasteiger partial charge in [0.1, 0.15) is 5.78 Å². The molecule has 0 unspecified atom stereocenters. The highest BCUT2D eigenvalue weighted by Crippen LogP contribution is 2.59. The van der Waals surface area contributed by atoms with Crippen LogP contribution in [0.4, 0.5) is 0 Å². The predicted octanol–water partition coefficient (Wildman–Crippen LogP) is 4.52. The Balaban J connectivity index is 2.09. The first-order chi connectivity index (χ1) is 10.3. The SMILES string of the molecule is CN1O[C@@H]2CCC[C@@]2(C(=O)C(C)(C)C)[C@@H]1c1ccc(Br)cc1. The fourth-order valence-corrected chi connectivity index (χ4v) is 4.54. The molecule has 1 heterocycles. The molecule has 4 heteroatoms. The molecule has 120 valence electrons. The summed E-state index contributed by atoms with van der Waals surface area (Å²) in [5.41, 5.74) is 0.388. The molecule has 2 fully saturated rings. The Hall–Kier alpha value is -0.710. The first-order valence-corrected chi connectivity index (χ1v) is 8.76. The zero-order chi connectivity index (χ0) is 16.1. The lowest BCUT2D eigenvalue weighted by Gasteiger charge is -2.37. The van der Waals surface area contributed by atoms with E-state index in [0.29, 0.717) is 5.78 Å². The van der Waals surface area contributed by atoms with Crippen molar-refractivity contribution in [2.75, 3.05) is 7.05 Å². The van der Waals surface area contributed by atoms with Gasteiger partial charge in [-0.1, -0.05) is 48.8 Å². The summed E-state index contributed by atoms with van der Waals surface area (Å²) in [7, 11) is 1.96. The molecule has 3 nitrogen and oxygen atoms in total. The first kappa shape index (κ1) is 16.2. The number of carbonyl (C=O) groups is 1. The maximum atomic E-state index is 13.4. The van der Waals surface area contributed by atoms with Gasteiger partial charge in [0.15, 0.2) is 0 Å². The van der Waals surface area contributed by atoms with Gasteiger partial charge in [-0.2, -0.15) is 5.06 Å². The molecule has 1 aliphatic carbocycles. The lowest BCUT2D eigenvalue weighted by Crippen LogP contribution is -2.46. The molecule has 0 bridgehead atoms. The van der Waals surface area contributed by atoms with Crippen LogP contribution in [0.1, 0.15) is 51.6 Å². The van der Waals surface area contributed by atoms with Gasteiger partial charge < -0.3 is 0 Å². The summed E-state index contributed by atoms with van der Waals surface area (Å²) in [4.78, 5) is 19.5. The number of hydrogen-bond acceptors (Lipinski definition) is 3. The van der Waals surface area contributed by atoms with Crippen molar-refractivity contribution in [3.8, 4) is 0 Å². The molecule has 0 aromatic heterocycles. The van der Waals surface area contributed by atoms with Gasteiger partial charge >= 0.3 is 0 Å². The molecule has 0 radical (unpaired) electrons. The van der Waals surface area contributed by atoms with E-state index in [0.717, 1.165) is 29.3 Å². The topological polar surface area (TPSA) is 29.5 Å². The second kappa shape index (κ2) is 5.43. The van der Waals surface area contributed by atoms with Crippen molar-refractivity contribution in [1.82, 2.24) is 5.06 Å². The van der Waals surface area contributed by atoms with E-state index in [1.807, 2.05) is 45.0 Å². The normalized spacial score (nSPS) is 32.2. The van der Waals surface area contributed by atoms with Gasteiger partial charge in [-0.05, 0) is 37.0 Å². The van der Waals surface area contributed by atoms with E-state index < -0.39 is 5.41 Å². The molecule has 1 aliphatic heterocycles. The minimum Gasteiger partial charge on any atom is -0.298 e. The quantitative estimate of drug-likeness (QED) is 0.771. The van der Waals surface area contributed by atoms with Crippen LogP contribution in [0.5, 0.6) is 0 Å². The van der Waals surface area contributed by atoms with Crippen LogP contribution in [0.2, 0.25) is 0 Å². The largest absolute Gasteiger partial charge is 0.298 e. The zero-order valence-electron chi connectivity index (χ0n) is 13.7. The molecule has 22 heavy (non-hydrogen) atoms. The second-order valence-corrected chi connectivity index (χ2v) is 8.52. The molecular weight excluding hydrogens is 342 g/mol. The Bertz CT molecular complexity index is 578. The van der Waals surface area contributed by atoms with Gasteiger partial charge in [0.05, 0.1) is 17.6 Å². The van der Waals surface area contributed by atoms with Crippen LogP contribution in [-0.4, -0.2) is 24.0 Å². The van der Waals surface area contributed by atoms with Crippen molar-refractivity contribution in [3.05, 3.63) is 34.3 Å². The Kier molecular flexibility index (Phi) is 3.99. The van der Waals surface area contributed by atoms with Crippen LogP contribution in [0.25, 0.3) is 0 Å². The maximum absolute atomic E-state index is 13.4. The standard InChI is InChI=1S/C18H24BrNO2/c1-17(2,3)16(21)18-11-5-6-14(18)22-20(4)15(18)12-7-9-13(19)10-8-12/h7-10,14-15H,5-6,11H2,1-4H3/t14-,15+,18+/m1/s1. The van der Waals surface area contributed by atoms with E-state index in [1.54, 1.807) is 0 Å². The molecule has 1 aromatic carbocycles. The van der Waals surface area contributed by atoms with E-state index in [2.05, 4.69) is 28.1 Å². The highest BCUT2D eigenvalue weighted by molar-refractivity contribution is 9.10. The molecule has 1 saturated carbocycles. The van der Waals surface area contributed by atoms with Gasteiger partial charge in [0.25, 0.3) is 0 Å². The van der Waals surface area contributed by atoms with Gasteiger partial charge in [0.2, 0.25) is 0 Å². The van der Waals surface area contributed by atoms with Gasteiger partial charge in [-0.15, -0.1) is 0 Å². The van der Waals surface area contributed by atoms with Crippen molar-refractivity contribution in [2.45, 2.75) is 52.2 Å². The van der Waals surface area contributed by atoms with Crippen LogP contribution in [0.15, 0.2) is 28.7 Å². The summed E-state index contributed by atoms with van der Waals surface area (Å²) in [6.45, 7) is 6.07. The number of halogens is 1. The number of hydrogen-bond donors (Lipinski definition) is 0. The van der Waals surface area contributed by atoms with Gasteiger partial charge in [-0.3, -0.25) is 9.63 Å². The van der Waals surface area contributed by atoms with E-state index in [-0.39, 0.29) is 17.6 Å². The van der Waals surface area contributed by atoms with Crippen LogP contribution < -0.4 is 0 Å². The average Bonchev–Trinajstić information content (AvgIpc) is 2.94. The lowest BCUT2D eigenvalue weighted by molar-refractivity contribution is -0.147. The second-order valence-electron chi connectivity index (χ2n) is 7.61. The molecule has 0 N–H and O–H groups in total. The van der Waals surface area contributed by atoms with E-state index in [1.165, 1.54) is 0 Å². The van der Waals surface area contributed by atoms with Gasteiger partial charge in [0, 0.05) is 16.9 Å². The molecule has 2 aliphatic rings. The number of Topliss-reactive ketones (excluding diaryl/α,β-unsaturated/α-hetero) is 1. The van der Waals surface area contributed by atoms with Crippen LogP contribution in [-0.2, 0) is 9.63 Å². The Morgan fingerprint density at radius 3 is 2.55 bits per heavy atom. The number of fused-ring (bicyclic) bond motifs is 1. The minimum atomic E-state index is -0.416. The number of nitrogens with zero attached hydrogens (tertiary/aromatic N) is 1. The summed E-state index contributed by atoms with van der Waals surface area (Å²) in [6.07, 6.45) is 2.96. The maximum Gasteiger partial charge on any atom is 0.149 e. The third-order valence-corrected chi connectivity index (χ3v) is 5.59. The fourth-order valence-electron chi connectivity index (χ4n) is 4.28. The van der Waals surface area contributed by atoms with Crippen molar-refractivity contribution < 1.29 is 9.63 Å². The van der Waals surface area contributed by atoms with Crippen molar-refractivity contribution in [2.24, 2.45) is 10.8 Å². The summed E-state index contributed by atoms with van der Waals surface area (Å²) in [5.74, 6) is 0.333. The first-order valence-electron chi connectivity index (χ1n) is 7.97. The minimum absolute atomic E-state index is 0.000162. The van der Waals surface area contributed by atoms with Crippen LogP contribution in [0.3, 0.4) is 0 Å². The third-order valence-electron chi connectivity index (χ3n) is 5.07. The van der Waals surface area contributed by atoms with E-state index >= 15 is 0 Å². The van der Waals surface area contributed by atoms with Crippen molar-refractivity contribution >= 4 is 21.7 Å². The van der Waals surface area contributed by atoms with Crippen LogP contribution >= 0.6 is 15.9 Å².